The molecule has 2 aliphatic rings. The highest BCUT2D eigenvalue weighted by Crippen LogP contribution is 2.18. The Morgan fingerprint density at radius 1 is 0.421 bits per heavy atom. The maximum Gasteiger partial charge on any atom is 0.146 e. The summed E-state index contributed by atoms with van der Waals surface area (Å²) in [4.78, 5) is 0. The lowest BCUT2D eigenvalue weighted by Crippen LogP contribution is -2.35. The monoisotopic (exact) mass is 276 g/mol. The van der Waals surface area contributed by atoms with Crippen molar-refractivity contribution in [3.05, 3.63) is 0 Å². The van der Waals surface area contributed by atoms with Crippen LogP contribution in [0.4, 0.5) is 0 Å². The summed E-state index contributed by atoms with van der Waals surface area (Å²) < 4.78 is 32.8. The van der Waals surface area contributed by atoms with Crippen LogP contribution in [-0.4, -0.2) is 72.9 Å². The molecule has 112 valence electrons. The highest BCUT2D eigenvalue weighted by Gasteiger charge is 2.25. The molecule has 2 heterocycles. The van der Waals surface area contributed by atoms with Gasteiger partial charge in [-0.05, 0) is 0 Å². The Hall–Kier alpha value is -0.240. The lowest BCUT2D eigenvalue weighted by atomic mass is 9.95. The van der Waals surface area contributed by atoms with E-state index in [0.717, 1.165) is 0 Å². The summed E-state index contributed by atoms with van der Waals surface area (Å²) in [5.41, 5.74) is 0. The van der Waals surface area contributed by atoms with Crippen LogP contribution in [-0.2, 0) is 28.4 Å². The third-order valence-corrected chi connectivity index (χ3v) is 3.28. The van der Waals surface area contributed by atoms with Crippen molar-refractivity contribution in [2.45, 2.75) is 0 Å². The predicted molar refractivity (Wildman–Crippen MR) is 67.0 cm³/mol. The fourth-order valence-electron chi connectivity index (χ4n) is 2.13. The number of rotatable bonds is 1. The Bertz CT molecular complexity index is 205. The SMILES string of the molecule is C1COCCOCC(C2COCOC2)COCCO1. The summed E-state index contributed by atoms with van der Waals surface area (Å²) in [6, 6.07) is 0. The van der Waals surface area contributed by atoms with Crippen LogP contribution in [0.2, 0.25) is 0 Å². The molecule has 0 bridgehead atoms. The smallest absolute Gasteiger partial charge is 0.146 e. The van der Waals surface area contributed by atoms with Crippen LogP contribution >= 0.6 is 0 Å². The molecule has 0 atom stereocenters. The normalized spacial score (nSPS) is 27.2. The van der Waals surface area contributed by atoms with Crippen LogP contribution in [0.15, 0.2) is 0 Å². The van der Waals surface area contributed by atoms with Crippen LogP contribution < -0.4 is 0 Å². The largest absolute Gasteiger partial charge is 0.379 e. The van der Waals surface area contributed by atoms with Crippen LogP contribution in [0.5, 0.6) is 0 Å². The number of hydrogen-bond acceptors (Lipinski definition) is 6. The van der Waals surface area contributed by atoms with Crippen molar-refractivity contribution in [1.82, 2.24) is 0 Å². The zero-order chi connectivity index (χ0) is 13.2. The van der Waals surface area contributed by atoms with Gasteiger partial charge >= 0.3 is 0 Å². The Kier molecular flexibility index (Phi) is 7.68. The zero-order valence-electron chi connectivity index (χ0n) is 11.4. The van der Waals surface area contributed by atoms with Gasteiger partial charge in [-0.2, -0.15) is 0 Å². The van der Waals surface area contributed by atoms with E-state index >= 15 is 0 Å². The van der Waals surface area contributed by atoms with Gasteiger partial charge in [0.05, 0.1) is 66.1 Å². The Morgan fingerprint density at radius 2 is 0.789 bits per heavy atom. The fraction of sp³-hybridized carbons (Fsp3) is 1.00. The summed E-state index contributed by atoms with van der Waals surface area (Å²) in [6.07, 6.45) is 0. The Balaban J connectivity index is 1.76. The van der Waals surface area contributed by atoms with Gasteiger partial charge in [-0.1, -0.05) is 0 Å². The van der Waals surface area contributed by atoms with Crippen LogP contribution in [0.25, 0.3) is 0 Å². The number of ether oxygens (including phenoxy) is 6. The second-order valence-corrected chi connectivity index (χ2v) is 4.75. The third-order valence-electron chi connectivity index (χ3n) is 3.28. The molecule has 6 nitrogen and oxygen atoms in total. The molecule has 2 fully saturated rings. The average Bonchev–Trinajstić information content (AvgIpc) is 2.49. The lowest BCUT2D eigenvalue weighted by molar-refractivity contribution is -0.149. The predicted octanol–water partition coefficient (Wildman–Crippen LogP) is 0.303. The van der Waals surface area contributed by atoms with E-state index in [2.05, 4.69) is 0 Å². The van der Waals surface area contributed by atoms with Gasteiger partial charge in [-0.15, -0.1) is 0 Å². The van der Waals surface area contributed by atoms with Gasteiger partial charge in [0.1, 0.15) is 6.79 Å². The van der Waals surface area contributed by atoms with E-state index < -0.39 is 0 Å². The maximum absolute atomic E-state index is 5.66. The molecule has 2 saturated heterocycles. The molecule has 0 aromatic heterocycles. The lowest BCUT2D eigenvalue weighted by Gasteiger charge is -2.29. The summed E-state index contributed by atoms with van der Waals surface area (Å²) in [5, 5.41) is 0. The first-order chi connectivity index (χ1) is 9.47. The van der Waals surface area contributed by atoms with Crippen molar-refractivity contribution < 1.29 is 28.4 Å². The molecule has 0 aromatic rings. The van der Waals surface area contributed by atoms with Gasteiger partial charge < -0.3 is 28.4 Å². The van der Waals surface area contributed by atoms with E-state index in [1.807, 2.05) is 0 Å². The summed E-state index contributed by atoms with van der Waals surface area (Å²) >= 11 is 0. The van der Waals surface area contributed by atoms with Gasteiger partial charge in [0.25, 0.3) is 0 Å². The Morgan fingerprint density at radius 3 is 1.26 bits per heavy atom. The second kappa shape index (κ2) is 9.63. The van der Waals surface area contributed by atoms with Gasteiger partial charge in [0, 0.05) is 11.8 Å². The van der Waals surface area contributed by atoms with Gasteiger partial charge in [-0.3, -0.25) is 0 Å². The minimum Gasteiger partial charge on any atom is -0.379 e. The molecule has 0 spiro atoms. The molecule has 0 unspecified atom stereocenters. The van der Waals surface area contributed by atoms with Crippen LogP contribution in [0.1, 0.15) is 0 Å². The molecule has 0 N–H and O–H groups in total. The molecule has 0 aliphatic carbocycles. The standard InChI is InChI=1S/C13H24O6/c1-2-15-4-6-17-8-12(7-16-5-3-14-1)13-9-18-11-19-10-13/h12-13H,1-11H2. The van der Waals surface area contributed by atoms with E-state index in [1.165, 1.54) is 0 Å². The molecule has 19 heavy (non-hydrogen) atoms. The van der Waals surface area contributed by atoms with E-state index in [4.69, 9.17) is 28.4 Å². The van der Waals surface area contributed by atoms with E-state index in [0.29, 0.717) is 84.7 Å². The van der Waals surface area contributed by atoms with E-state index in [-0.39, 0.29) is 0 Å². The Labute approximate surface area is 114 Å². The first kappa shape index (κ1) is 15.2. The van der Waals surface area contributed by atoms with Gasteiger partial charge in [-0.25, -0.2) is 0 Å². The van der Waals surface area contributed by atoms with E-state index in [1.54, 1.807) is 0 Å². The van der Waals surface area contributed by atoms with Gasteiger partial charge in [0.2, 0.25) is 0 Å². The molecule has 2 rings (SSSR count). The van der Waals surface area contributed by atoms with E-state index in [9.17, 15) is 0 Å². The average molecular weight is 276 g/mol. The second-order valence-electron chi connectivity index (χ2n) is 4.75. The fourth-order valence-corrected chi connectivity index (χ4v) is 2.13. The van der Waals surface area contributed by atoms with Crippen molar-refractivity contribution in [3.63, 3.8) is 0 Å². The molecule has 0 amide bonds. The zero-order valence-corrected chi connectivity index (χ0v) is 11.4. The quantitative estimate of drug-likeness (QED) is 0.687. The first-order valence-corrected chi connectivity index (χ1v) is 6.93. The summed E-state index contributed by atoms with van der Waals surface area (Å²) in [7, 11) is 0. The van der Waals surface area contributed by atoms with Crippen molar-refractivity contribution in [1.29, 1.82) is 0 Å². The van der Waals surface area contributed by atoms with Crippen molar-refractivity contribution >= 4 is 0 Å². The molecule has 0 saturated carbocycles. The molecule has 2 aliphatic heterocycles. The van der Waals surface area contributed by atoms with Crippen molar-refractivity contribution in [2.24, 2.45) is 11.8 Å². The summed E-state index contributed by atoms with van der Waals surface area (Å²) in [5.74, 6) is 0.627. The molecule has 0 radical (unpaired) electrons. The first-order valence-electron chi connectivity index (χ1n) is 6.93. The highest BCUT2D eigenvalue weighted by molar-refractivity contribution is 4.71. The highest BCUT2D eigenvalue weighted by atomic mass is 16.7. The summed E-state index contributed by atoms with van der Waals surface area (Å²) in [6.45, 7) is 6.76. The third kappa shape index (κ3) is 6.16. The molecular formula is C13H24O6. The maximum atomic E-state index is 5.66. The molecule has 0 aromatic carbocycles. The van der Waals surface area contributed by atoms with Gasteiger partial charge in [0.15, 0.2) is 0 Å². The molecular weight excluding hydrogens is 252 g/mol. The topological polar surface area (TPSA) is 55.4 Å². The minimum atomic E-state index is 0.293. The van der Waals surface area contributed by atoms with Crippen LogP contribution in [0.3, 0.4) is 0 Å². The van der Waals surface area contributed by atoms with Crippen molar-refractivity contribution in [2.75, 3.05) is 72.9 Å². The molecule has 6 heteroatoms. The van der Waals surface area contributed by atoms with Crippen molar-refractivity contribution in [3.8, 4) is 0 Å². The van der Waals surface area contributed by atoms with Crippen LogP contribution in [0, 0.1) is 11.8 Å². The number of hydrogen-bond donors (Lipinski definition) is 0. The minimum absolute atomic E-state index is 0.293.